The minimum atomic E-state index is -2.51. The van der Waals surface area contributed by atoms with Crippen molar-refractivity contribution in [1.82, 2.24) is 4.90 Å². The lowest BCUT2D eigenvalue weighted by atomic mass is 9.78. The number of ketones is 3. The number of nitrogens with zero attached hydrogens (tertiary/aromatic N) is 1. The average Bonchev–Trinajstić information content (AvgIpc) is 3.99. The monoisotopic (exact) mass is 1070 g/mol. The quantitative estimate of drug-likeness (QED) is 0.0963. The van der Waals surface area contributed by atoms with E-state index in [-0.39, 0.29) is 99.9 Å². The molecule has 428 valence electrons. The standard InChI is InChI=1S/C58H89NO17/c1-33-15-11-10-12-16-34(2)46(71-23-24-72-49-32-74-52-45(62)31-73-53(49)52)29-41-20-18-39(7)58(68,76-41)55(65)56(66)59-22-14-13-17-42(59)57(67)75-47(36(4)27-40-19-21-43(60)48(28-40)69-8)30-44(61)35(3)26-38(6)51(64)54(70-9)50(63)37(5)25-33/h10-12,15-16,26,33,35-37,39-43,45-49,51-54,60,62,64,68H,13-14,17-25,27-32H2,1-9H3/b12-10+,15-11+,34-16+,38-26+/t33-,35-,36-,37-,39-,40+,41+,42+,43-,45+,46?,47+,48-,49-,51-,52-,53-,54+,58-/m1/s1. The molecule has 76 heavy (non-hydrogen) atoms. The first-order valence-electron chi connectivity index (χ1n) is 28.0. The number of rotatable bonds is 10. The number of Topliss-reactive ketones (excluding diaryl/α,β-unsaturated/α-hetero) is 3. The van der Waals surface area contributed by atoms with Gasteiger partial charge in [-0.1, -0.05) is 71.1 Å². The predicted octanol–water partition coefficient (Wildman–Crippen LogP) is 5.09. The highest BCUT2D eigenvalue weighted by Gasteiger charge is 2.53. The van der Waals surface area contributed by atoms with Crippen LogP contribution in [0.1, 0.15) is 126 Å². The lowest BCUT2D eigenvalue weighted by Gasteiger charge is -2.43. The first kappa shape index (κ1) is 61.7. The van der Waals surface area contributed by atoms with E-state index >= 15 is 0 Å². The molecule has 1 amide bonds. The minimum Gasteiger partial charge on any atom is -0.460 e. The number of methoxy groups -OCH3 is 2. The third kappa shape index (κ3) is 15.6. The number of cyclic esters (lactones) is 1. The first-order chi connectivity index (χ1) is 36.2. The maximum absolute atomic E-state index is 14.5. The van der Waals surface area contributed by atoms with Gasteiger partial charge in [0.05, 0.1) is 50.8 Å². The van der Waals surface area contributed by atoms with Crippen molar-refractivity contribution >= 4 is 29.2 Å². The Hall–Kier alpha value is -3.53. The van der Waals surface area contributed by atoms with Crippen molar-refractivity contribution in [3.8, 4) is 0 Å². The van der Waals surface area contributed by atoms with Gasteiger partial charge >= 0.3 is 5.97 Å². The number of aliphatic hydroxyl groups is 4. The smallest absolute Gasteiger partial charge is 0.329 e. The van der Waals surface area contributed by atoms with Crippen LogP contribution in [0.2, 0.25) is 0 Å². The Balaban J connectivity index is 1.28. The molecule has 0 aromatic heterocycles. The molecule has 4 saturated heterocycles. The summed E-state index contributed by atoms with van der Waals surface area (Å²) in [5, 5.41) is 44.5. The normalized spacial score (nSPS) is 42.0. The molecule has 1 aliphatic carbocycles. The first-order valence-corrected chi connectivity index (χ1v) is 28.0. The number of allylic oxidation sites excluding steroid dienone is 6. The second-order valence-corrected chi connectivity index (χ2v) is 22.8. The molecule has 0 aromatic carbocycles. The molecule has 18 heteroatoms. The highest BCUT2D eigenvalue weighted by Crippen LogP contribution is 2.38. The van der Waals surface area contributed by atoms with Crippen LogP contribution in [-0.2, 0) is 61.9 Å². The number of ether oxygens (including phenoxy) is 8. The molecule has 5 fully saturated rings. The van der Waals surface area contributed by atoms with Crippen molar-refractivity contribution in [3.05, 3.63) is 47.6 Å². The Labute approximate surface area is 449 Å². The summed E-state index contributed by atoms with van der Waals surface area (Å²) in [6.45, 7) is 13.4. The van der Waals surface area contributed by atoms with Gasteiger partial charge in [-0.05, 0) is 107 Å². The summed E-state index contributed by atoms with van der Waals surface area (Å²) in [5.74, 6) is -8.40. The number of aliphatic hydroxyl groups excluding tert-OH is 3. The fraction of sp³-hybridized carbons (Fsp3) is 0.776. The topological polar surface area (TPSA) is 243 Å². The van der Waals surface area contributed by atoms with Crippen molar-refractivity contribution in [2.75, 3.05) is 47.2 Å². The van der Waals surface area contributed by atoms with Crippen LogP contribution >= 0.6 is 0 Å². The Bertz CT molecular complexity index is 2090. The molecule has 0 spiro atoms. The highest BCUT2D eigenvalue weighted by molar-refractivity contribution is 6.39. The van der Waals surface area contributed by atoms with Crippen LogP contribution in [0, 0.1) is 35.5 Å². The second kappa shape index (κ2) is 28.6. The van der Waals surface area contributed by atoms with Crippen molar-refractivity contribution in [2.24, 2.45) is 35.5 Å². The van der Waals surface area contributed by atoms with E-state index in [2.05, 4.69) is 0 Å². The van der Waals surface area contributed by atoms with Gasteiger partial charge in [0.2, 0.25) is 5.79 Å². The zero-order valence-corrected chi connectivity index (χ0v) is 46.4. The van der Waals surface area contributed by atoms with Crippen LogP contribution in [-0.4, -0.2) is 181 Å². The van der Waals surface area contributed by atoms with Gasteiger partial charge in [-0.3, -0.25) is 19.2 Å². The fourth-order valence-corrected chi connectivity index (χ4v) is 12.0. The SMILES string of the molecule is CO[C@@H]1C[C@H](C[C@@H](C)[C@@H]2CC(=O)[C@H](C)/C=C(\C)[C@@H](O)[C@@H](OC)C(=O)[C@H](C)C[C@H](C)/C=C/C=C/C=C(\C)C(OCCO[C@@H]3CO[C@H]4[C@@H]3OC[C@@H]4O)C[C@@H]3CC[C@@H](C)[C@@](O)(O3)C(=O)C(=O)N3CCCC[C@H]3C(=O)O2)CC[C@H]1O. The Morgan fingerprint density at radius 1 is 0.789 bits per heavy atom. The molecular formula is C58H89NO17. The Morgan fingerprint density at radius 2 is 1.53 bits per heavy atom. The molecule has 2 bridgehead atoms. The molecule has 1 unspecified atom stereocenters. The number of piperidine rings is 1. The van der Waals surface area contributed by atoms with Gasteiger partial charge in [-0.15, -0.1) is 0 Å². The molecule has 18 nitrogen and oxygen atoms in total. The molecule has 4 N–H and O–H groups in total. The predicted molar refractivity (Wildman–Crippen MR) is 279 cm³/mol. The van der Waals surface area contributed by atoms with Crippen molar-refractivity contribution in [2.45, 2.75) is 204 Å². The van der Waals surface area contributed by atoms with E-state index in [0.29, 0.717) is 63.4 Å². The largest absolute Gasteiger partial charge is 0.460 e. The van der Waals surface area contributed by atoms with Crippen LogP contribution in [0.5, 0.6) is 0 Å². The van der Waals surface area contributed by atoms with Crippen molar-refractivity contribution in [1.29, 1.82) is 0 Å². The van der Waals surface area contributed by atoms with Gasteiger partial charge in [0.25, 0.3) is 11.7 Å². The van der Waals surface area contributed by atoms with Gasteiger partial charge < -0.3 is 63.2 Å². The lowest BCUT2D eigenvalue weighted by molar-refractivity contribution is -0.266. The number of hydrogen-bond donors (Lipinski definition) is 4. The molecule has 6 aliphatic rings. The summed E-state index contributed by atoms with van der Waals surface area (Å²) < 4.78 is 47.8. The highest BCUT2D eigenvalue weighted by atomic mass is 16.6. The number of amides is 1. The lowest BCUT2D eigenvalue weighted by Crippen LogP contribution is -2.61. The van der Waals surface area contributed by atoms with Crippen molar-refractivity contribution < 1.29 is 82.3 Å². The molecular weight excluding hydrogens is 983 g/mol. The number of carbonyl (C=O) groups excluding carboxylic acids is 5. The molecule has 0 aromatic rings. The van der Waals surface area contributed by atoms with Crippen LogP contribution in [0.3, 0.4) is 0 Å². The van der Waals surface area contributed by atoms with Crippen LogP contribution < -0.4 is 0 Å². The van der Waals surface area contributed by atoms with Crippen LogP contribution in [0.15, 0.2) is 47.6 Å². The maximum Gasteiger partial charge on any atom is 0.329 e. The van der Waals surface area contributed by atoms with E-state index in [1.807, 2.05) is 51.2 Å². The maximum atomic E-state index is 14.5. The molecule has 6 rings (SSSR count). The van der Waals surface area contributed by atoms with Gasteiger partial charge in [0.15, 0.2) is 5.78 Å². The summed E-state index contributed by atoms with van der Waals surface area (Å²) >= 11 is 0. The summed E-state index contributed by atoms with van der Waals surface area (Å²) in [4.78, 5) is 72.8. The third-order valence-electron chi connectivity index (χ3n) is 16.9. The Morgan fingerprint density at radius 3 is 2.26 bits per heavy atom. The van der Waals surface area contributed by atoms with E-state index < -0.39 is 96.1 Å². The van der Waals surface area contributed by atoms with Gasteiger partial charge in [0, 0.05) is 51.4 Å². The molecule has 1 saturated carbocycles. The van der Waals surface area contributed by atoms with E-state index in [1.54, 1.807) is 40.9 Å². The van der Waals surface area contributed by atoms with E-state index in [0.717, 1.165) is 5.57 Å². The van der Waals surface area contributed by atoms with Gasteiger partial charge in [-0.25, -0.2) is 4.79 Å². The molecule has 0 radical (unpaired) electrons. The summed E-state index contributed by atoms with van der Waals surface area (Å²) in [7, 11) is 2.93. The van der Waals surface area contributed by atoms with E-state index in [1.165, 1.54) is 12.0 Å². The second-order valence-electron chi connectivity index (χ2n) is 22.8. The Kier molecular flexibility index (Phi) is 23.2. The average molecular weight is 1070 g/mol. The molecule has 5 aliphatic heterocycles. The van der Waals surface area contributed by atoms with E-state index in [9.17, 15) is 44.4 Å². The number of fused-ring (bicyclic) bond motifs is 4. The van der Waals surface area contributed by atoms with Gasteiger partial charge in [0.1, 0.15) is 54.6 Å². The van der Waals surface area contributed by atoms with Crippen LogP contribution in [0.25, 0.3) is 0 Å². The number of esters is 1. The number of hydrogen-bond acceptors (Lipinski definition) is 17. The van der Waals surface area contributed by atoms with Crippen LogP contribution in [0.4, 0.5) is 0 Å². The molecule has 5 heterocycles. The van der Waals surface area contributed by atoms with Crippen molar-refractivity contribution in [3.63, 3.8) is 0 Å². The fourth-order valence-electron chi connectivity index (χ4n) is 12.0. The zero-order valence-electron chi connectivity index (χ0n) is 46.4. The summed E-state index contributed by atoms with van der Waals surface area (Å²) in [6, 6.07) is -1.18. The summed E-state index contributed by atoms with van der Waals surface area (Å²) in [5.41, 5.74) is 1.18. The summed E-state index contributed by atoms with van der Waals surface area (Å²) in [6.07, 6.45) is 8.36. The number of carbonyl (C=O) groups is 5. The third-order valence-corrected chi connectivity index (χ3v) is 16.9. The molecule has 19 atom stereocenters. The zero-order chi connectivity index (χ0) is 55.4. The van der Waals surface area contributed by atoms with E-state index in [4.69, 9.17) is 37.9 Å². The van der Waals surface area contributed by atoms with Gasteiger partial charge in [-0.2, -0.15) is 0 Å². The minimum absolute atomic E-state index is 0.0290.